The summed E-state index contributed by atoms with van der Waals surface area (Å²) in [5.74, 6) is -5.64. The van der Waals surface area contributed by atoms with Crippen LogP contribution in [-0.2, 0) is 19.1 Å². The van der Waals surface area contributed by atoms with Gasteiger partial charge in [-0.2, -0.15) is 26.3 Å². The number of nitrogens with one attached hydrogen (secondary N) is 1. The Morgan fingerprint density at radius 2 is 1.81 bits per heavy atom. The van der Waals surface area contributed by atoms with E-state index in [4.69, 9.17) is 0 Å². The minimum atomic E-state index is -5.22. The Morgan fingerprint density at radius 3 is 2.32 bits per heavy atom. The molecule has 0 aromatic carbocycles. The second-order valence-corrected chi connectivity index (χ2v) is 6.87. The minimum absolute atomic E-state index is 0. The molecule has 0 spiro atoms. The van der Waals surface area contributed by atoms with Crippen LogP contribution in [0.2, 0.25) is 0 Å². The van der Waals surface area contributed by atoms with E-state index in [0.29, 0.717) is 4.90 Å². The number of alkyl halides is 6. The fourth-order valence-electron chi connectivity index (χ4n) is 3.91. The quantitative estimate of drug-likeness (QED) is 0.273. The summed E-state index contributed by atoms with van der Waals surface area (Å²) in [7, 11) is 0. The Bertz CT molecular complexity index is 850. The third-order valence-electron chi connectivity index (χ3n) is 4.96. The summed E-state index contributed by atoms with van der Waals surface area (Å²) in [6.07, 6.45) is -11.7. The van der Waals surface area contributed by atoms with Crippen molar-refractivity contribution >= 4 is 23.9 Å². The summed E-state index contributed by atoms with van der Waals surface area (Å²) in [6.45, 7) is -2.97. The number of hydrogen-bond donors (Lipinski definition) is 2. The van der Waals surface area contributed by atoms with Gasteiger partial charge < -0.3 is 21.5 Å². The van der Waals surface area contributed by atoms with Gasteiger partial charge in [0.2, 0.25) is 0 Å². The molecule has 16 heteroatoms. The first-order chi connectivity index (χ1) is 13.7. The molecule has 31 heavy (non-hydrogen) atoms. The van der Waals surface area contributed by atoms with Gasteiger partial charge in [0.05, 0.1) is 6.04 Å². The minimum Gasteiger partial charge on any atom is -1.00 e. The van der Waals surface area contributed by atoms with Crippen molar-refractivity contribution in [3.63, 3.8) is 0 Å². The first-order valence-electron chi connectivity index (χ1n) is 8.36. The maximum absolute atomic E-state index is 12.8. The van der Waals surface area contributed by atoms with Gasteiger partial charge in [0, 0.05) is 12.5 Å². The molecule has 2 fully saturated rings. The van der Waals surface area contributed by atoms with Gasteiger partial charge >= 0.3 is 59.9 Å². The normalized spacial score (nSPS) is 24.8. The number of carbonyl (C=O) groups excluding carboxylic acids is 3. The molecule has 0 saturated carbocycles. The maximum atomic E-state index is 12.8. The Morgan fingerprint density at radius 1 is 1.19 bits per heavy atom. The van der Waals surface area contributed by atoms with Crippen molar-refractivity contribution in [2.24, 2.45) is 5.92 Å². The number of hydrogen-bond acceptors (Lipinski definition) is 5. The van der Waals surface area contributed by atoms with Gasteiger partial charge in [-0.1, -0.05) is 0 Å². The maximum Gasteiger partial charge on any atom is 1.00 e. The molecule has 3 aliphatic rings. The number of β-lactam (4-membered cyclic amide) rings is 1. The van der Waals surface area contributed by atoms with Crippen molar-refractivity contribution in [1.82, 2.24) is 15.1 Å². The average Bonchev–Trinajstić information content (AvgIpc) is 2.97. The molecule has 0 unspecified atom stereocenters. The molecule has 3 atom stereocenters. The molecule has 168 valence electrons. The van der Waals surface area contributed by atoms with Crippen LogP contribution < -0.4 is 34.9 Å². The van der Waals surface area contributed by atoms with E-state index >= 15 is 0 Å². The molecule has 0 bridgehead atoms. The topological polar surface area (TPSA) is 116 Å². The number of likely N-dealkylation sites (tertiary alicyclic amines) is 1. The number of rotatable bonds is 4. The summed E-state index contributed by atoms with van der Waals surface area (Å²) < 4.78 is 79.2. The number of amides is 3. The molecule has 0 aromatic heterocycles. The molecule has 0 radical (unpaired) electrons. The number of aliphatic carboxylic acids is 1. The summed E-state index contributed by atoms with van der Waals surface area (Å²) in [4.78, 5) is 48.0. The number of carbonyl (C=O) groups is 4. The van der Waals surface area contributed by atoms with Crippen molar-refractivity contribution in [3.8, 4) is 0 Å². The number of carboxylic acid groups (broad SMARTS) is 1. The van der Waals surface area contributed by atoms with Crippen LogP contribution in [0.25, 0.3) is 0 Å². The van der Waals surface area contributed by atoms with Crippen LogP contribution in [0.3, 0.4) is 0 Å². The third-order valence-corrected chi connectivity index (χ3v) is 4.96. The fraction of sp³-hybridized carbons (Fsp3) is 0.600. The van der Waals surface area contributed by atoms with E-state index in [1.165, 1.54) is 5.32 Å². The number of nitrogens with zero attached hydrogens (tertiary/aromatic N) is 2. The number of halogens is 6. The van der Waals surface area contributed by atoms with Crippen LogP contribution in [0.5, 0.6) is 0 Å². The number of carboxylic acids is 1. The van der Waals surface area contributed by atoms with E-state index in [1.807, 2.05) is 0 Å². The molecule has 2 saturated heterocycles. The van der Waals surface area contributed by atoms with Gasteiger partial charge in [-0.3, -0.25) is 14.5 Å². The number of alkyl carbamates (subject to hydrolysis) is 1. The van der Waals surface area contributed by atoms with Crippen molar-refractivity contribution in [3.05, 3.63) is 11.3 Å². The monoisotopic (exact) mass is 469 g/mol. The molecule has 9 nitrogen and oxygen atoms in total. The smallest absolute Gasteiger partial charge is 1.00 e. The van der Waals surface area contributed by atoms with Crippen LogP contribution in [-0.4, -0.2) is 82.9 Å². The van der Waals surface area contributed by atoms with Crippen molar-refractivity contribution in [2.75, 3.05) is 19.7 Å². The zero-order valence-corrected chi connectivity index (χ0v) is 17.7. The van der Waals surface area contributed by atoms with Gasteiger partial charge in [0.25, 0.3) is 5.91 Å². The third kappa shape index (κ3) is 4.77. The SMILES string of the molecule is O=C(NCC(F)(F)F)OCC1=C(C(=O)O)N2C(=O)[C@@H]3[C@H]2[C@H](C1)CN3C(=O)C(F)(F)F.[H-].[Na+]. The predicted octanol–water partition coefficient (Wildman–Crippen LogP) is -2.27. The van der Waals surface area contributed by atoms with Gasteiger partial charge in [-0.15, -0.1) is 0 Å². The Labute approximate surface area is 193 Å². The van der Waals surface area contributed by atoms with Gasteiger partial charge in [0.1, 0.15) is 24.9 Å². The summed E-state index contributed by atoms with van der Waals surface area (Å²) in [6, 6.07) is -2.42. The molecule has 0 aromatic rings. The summed E-state index contributed by atoms with van der Waals surface area (Å²) >= 11 is 0. The van der Waals surface area contributed by atoms with E-state index in [2.05, 4.69) is 4.74 Å². The predicted molar refractivity (Wildman–Crippen MR) is 81.5 cm³/mol. The van der Waals surface area contributed by atoms with Crippen LogP contribution in [0.4, 0.5) is 31.1 Å². The molecule has 3 rings (SSSR count). The first-order valence-corrected chi connectivity index (χ1v) is 8.36. The molecule has 2 N–H and O–H groups in total. The molecule has 0 aliphatic carbocycles. The summed E-state index contributed by atoms with van der Waals surface area (Å²) in [5.41, 5.74) is -0.790. The summed E-state index contributed by atoms with van der Waals surface area (Å²) in [5, 5.41) is 10.8. The second-order valence-electron chi connectivity index (χ2n) is 6.87. The van der Waals surface area contributed by atoms with Crippen LogP contribution in [0.1, 0.15) is 7.85 Å². The van der Waals surface area contributed by atoms with Crippen LogP contribution in [0, 0.1) is 5.92 Å². The standard InChI is InChI=1S/C15H13F6N3O6.Na.H/c16-14(17,18)4-22-13(29)30-3-6-1-5-2-23(12(28)15(19,20)21)9-7(5)24(10(9)25)8(6)11(26)27;;/h5,7,9H,1-4H2,(H,22,29)(H,26,27);;/q;+1;-1/t5-,7-,9+;;/m1../s1. The largest absolute Gasteiger partial charge is 1.00 e. The van der Waals surface area contributed by atoms with Gasteiger partial charge in [0.15, 0.2) is 0 Å². The van der Waals surface area contributed by atoms with Crippen LogP contribution >= 0.6 is 0 Å². The average molecular weight is 469 g/mol. The van der Waals surface area contributed by atoms with E-state index in [0.717, 1.165) is 4.90 Å². The Hall–Kier alpha value is -2.00. The molecule has 3 aliphatic heterocycles. The van der Waals surface area contributed by atoms with E-state index in [1.54, 1.807) is 0 Å². The van der Waals surface area contributed by atoms with Crippen molar-refractivity contribution in [2.45, 2.75) is 30.9 Å². The Balaban J connectivity index is 0.00000256. The van der Waals surface area contributed by atoms with E-state index < -0.39 is 79.6 Å². The molecular formula is C15H14F6N3NaO6. The molecule has 3 heterocycles. The second kappa shape index (κ2) is 8.50. The van der Waals surface area contributed by atoms with Crippen molar-refractivity contribution in [1.29, 1.82) is 0 Å². The zero-order chi connectivity index (χ0) is 22.6. The number of ether oxygens (including phenoxy) is 1. The van der Waals surface area contributed by atoms with Crippen molar-refractivity contribution < 1.29 is 86.3 Å². The molecule has 3 amide bonds. The van der Waals surface area contributed by atoms with Crippen LogP contribution in [0.15, 0.2) is 11.3 Å². The van der Waals surface area contributed by atoms with E-state index in [9.17, 15) is 50.6 Å². The van der Waals surface area contributed by atoms with Gasteiger partial charge in [-0.25, -0.2) is 9.59 Å². The Kier molecular flexibility index (Phi) is 6.93. The fourth-order valence-corrected chi connectivity index (χ4v) is 3.91. The van der Waals surface area contributed by atoms with E-state index in [-0.39, 0.29) is 43.0 Å². The zero-order valence-electron chi connectivity index (χ0n) is 16.7. The first kappa shape index (κ1) is 25.3. The molecular weight excluding hydrogens is 455 g/mol. The van der Waals surface area contributed by atoms with Gasteiger partial charge in [-0.05, 0) is 12.0 Å².